The molecular weight excluding hydrogens is 360 g/mol. The van der Waals surface area contributed by atoms with Crippen molar-refractivity contribution in [1.29, 1.82) is 0 Å². The van der Waals surface area contributed by atoms with Crippen molar-refractivity contribution in [3.8, 4) is 5.75 Å². The second-order valence-corrected chi connectivity index (χ2v) is 6.57. The van der Waals surface area contributed by atoms with Crippen LogP contribution >= 0.6 is 0 Å². The van der Waals surface area contributed by atoms with Gasteiger partial charge < -0.3 is 9.15 Å². The van der Waals surface area contributed by atoms with E-state index in [2.05, 4.69) is 5.10 Å². The molecule has 140 valence electrons. The minimum Gasteiger partial charge on any atom is -0.434 e. The zero-order valence-corrected chi connectivity index (χ0v) is 15.5. The van der Waals surface area contributed by atoms with Gasteiger partial charge in [-0.2, -0.15) is 5.01 Å². The highest BCUT2D eigenvalue weighted by Crippen LogP contribution is 2.34. The standard InChI is InChI=1S/C21H16N2O5/c1-11-4-6-14(7-5-11)23(13(3)24)22-21-19(26)18-16(27-21)9-8-15-12(2)10-17(25)28-20(15)18/h4-10H,1-3H3/b22-21+. The van der Waals surface area contributed by atoms with Crippen molar-refractivity contribution in [3.63, 3.8) is 0 Å². The Labute approximate surface area is 159 Å². The van der Waals surface area contributed by atoms with Crippen LogP contribution < -0.4 is 15.4 Å². The number of ketones is 1. The van der Waals surface area contributed by atoms with E-state index in [9.17, 15) is 14.4 Å². The maximum atomic E-state index is 12.9. The number of ether oxygens (including phenoxy) is 1. The average Bonchev–Trinajstić information content (AvgIpc) is 2.96. The number of amides is 1. The first-order valence-corrected chi connectivity index (χ1v) is 8.61. The van der Waals surface area contributed by atoms with E-state index in [-0.39, 0.29) is 28.7 Å². The number of anilines is 1. The maximum absolute atomic E-state index is 12.9. The minimum atomic E-state index is -0.554. The Kier molecular flexibility index (Phi) is 4.07. The predicted molar refractivity (Wildman–Crippen MR) is 104 cm³/mol. The molecule has 0 N–H and O–H groups in total. The van der Waals surface area contributed by atoms with E-state index in [4.69, 9.17) is 9.15 Å². The Morgan fingerprint density at radius 3 is 2.43 bits per heavy atom. The molecule has 0 fully saturated rings. The molecule has 2 aromatic carbocycles. The van der Waals surface area contributed by atoms with Gasteiger partial charge in [0.15, 0.2) is 5.58 Å². The van der Waals surface area contributed by atoms with E-state index >= 15 is 0 Å². The van der Waals surface area contributed by atoms with Gasteiger partial charge in [0.25, 0.3) is 11.7 Å². The van der Waals surface area contributed by atoms with Crippen LogP contribution in [0, 0.1) is 13.8 Å². The van der Waals surface area contributed by atoms with Gasteiger partial charge in [0.1, 0.15) is 11.3 Å². The molecule has 7 heteroatoms. The Hall–Kier alpha value is -3.74. The molecule has 3 aromatic rings. The third-order valence-electron chi connectivity index (χ3n) is 4.48. The van der Waals surface area contributed by atoms with E-state index < -0.39 is 11.4 Å². The SMILES string of the molecule is CC(=O)N(/N=C1/Oc2ccc3c(C)cc(=O)oc3c2C1=O)c1ccc(C)cc1. The summed E-state index contributed by atoms with van der Waals surface area (Å²) in [4.78, 5) is 36.8. The third-order valence-corrected chi connectivity index (χ3v) is 4.48. The fourth-order valence-corrected chi connectivity index (χ4v) is 3.08. The van der Waals surface area contributed by atoms with Gasteiger partial charge in [-0.1, -0.05) is 17.7 Å². The Balaban J connectivity index is 1.82. The monoisotopic (exact) mass is 376 g/mol. The number of aryl methyl sites for hydroxylation is 2. The quantitative estimate of drug-likeness (QED) is 0.505. The van der Waals surface area contributed by atoms with Gasteiger partial charge in [-0.05, 0) is 43.7 Å². The van der Waals surface area contributed by atoms with Crippen molar-refractivity contribution in [3.05, 3.63) is 69.6 Å². The molecule has 1 aromatic heterocycles. The molecule has 0 aliphatic carbocycles. The van der Waals surface area contributed by atoms with Crippen LogP contribution in [0.15, 0.2) is 56.8 Å². The molecule has 28 heavy (non-hydrogen) atoms. The largest absolute Gasteiger partial charge is 0.434 e. The summed E-state index contributed by atoms with van der Waals surface area (Å²) in [5.41, 5.74) is 1.95. The number of benzene rings is 2. The molecule has 0 saturated carbocycles. The predicted octanol–water partition coefficient (Wildman–Crippen LogP) is 3.35. The van der Waals surface area contributed by atoms with Crippen LogP contribution in [-0.2, 0) is 4.79 Å². The topological polar surface area (TPSA) is 89.2 Å². The van der Waals surface area contributed by atoms with Gasteiger partial charge in [0.2, 0.25) is 5.91 Å². The summed E-state index contributed by atoms with van der Waals surface area (Å²) in [6, 6.07) is 11.8. The first-order valence-electron chi connectivity index (χ1n) is 8.61. The molecule has 4 rings (SSSR count). The van der Waals surface area contributed by atoms with E-state index in [1.807, 2.05) is 19.1 Å². The van der Waals surface area contributed by atoms with Gasteiger partial charge >= 0.3 is 5.63 Å². The highest BCUT2D eigenvalue weighted by molar-refractivity contribution is 6.48. The van der Waals surface area contributed by atoms with Crippen molar-refractivity contribution in [2.75, 3.05) is 5.01 Å². The van der Waals surface area contributed by atoms with Gasteiger partial charge in [0.05, 0.1) is 5.69 Å². The summed E-state index contributed by atoms with van der Waals surface area (Å²) in [6.45, 7) is 5.03. The van der Waals surface area contributed by atoms with E-state index in [1.54, 1.807) is 31.2 Å². The fraction of sp³-hybridized carbons (Fsp3) is 0.143. The van der Waals surface area contributed by atoms with E-state index in [0.29, 0.717) is 16.6 Å². The fourth-order valence-electron chi connectivity index (χ4n) is 3.08. The summed E-state index contributed by atoms with van der Waals surface area (Å²) in [5.74, 6) is -0.955. The molecule has 1 aliphatic heterocycles. The van der Waals surface area contributed by atoms with Crippen LogP contribution in [0.1, 0.15) is 28.4 Å². The van der Waals surface area contributed by atoms with Gasteiger partial charge in [-0.3, -0.25) is 9.59 Å². The van der Waals surface area contributed by atoms with Crippen LogP contribution in [0.5, 0.6) is 5.75 Å². The molecule has 1 aliphatic rings. The van der Waals surface area contributed by atoms with Crippen LogP contribution in [0.25, 0.3) is 11.0 Å². The maximum Gasteiger partial charge on any atom is 0.336 e. The smallest absolute Gasteiger partial charge is 0.336 e. The summed E-state index contributed by atoms with van der Waals surface area (Å²) < 4.78 is 10.8. The van der Waals surface area contributed by atoms with Crippen LogP contribution in [0.4, 0.5) is 5.69 Å². The molecule has 7 nitrogen and oxygen atoms in total. The lowest BCUT2D eigenvalue weighted by molar-refractivity contribution is -0.116. The number of rotatable bonds is 2. The van der Waals surface area contributed by atoms with Crippen LogP contribution in [0.3, 0.4) is 0 Å². The van der Waals surface area contributed by atoms with Crippen molar-refractivity contribution in [1.82, 2.24) is 0 Å². The van der Waals surface area contributed by atoms with Crippen LogP contribution in [0.2, 0.25) is 0 Å². The first kappa shape index (κ1) is 17.7. The molecule has 2 heterocycles. The zero-order valence-electron chi connectivity index (χ0n) is 15.5. The zero-order chi connectivity index (χ0) is 20.0. The number of Topliss-reactive ketones (excluding diaryl/α,β-unsaturated/α-hetero) is 1. The molecule has 1 amide bonds. The van der Waals surface area contributed by atoms with Gasteiger partial charge in [0, 0.05) is 18.4 Å². The van der Waals surface area contributed by atoms with Crippen LogP contribution in [-0.4, -0.2) is 17.6 Å². The minimum absolute atomic E-state index is 0.129. The van der Waals surface area contributed by atoms with E-state index in [1.165, 1.54) is 13.0 Å². The van der Waals surface area contributed by atoms with Crippen molar-refractivity contribution in [2.45, 2.75) is 20.8 Å². The first-order chi connectivity index (χ1) is 13.3. The molecule has 0 radical (unpaired) electrons. The number of fused-ring (bicyclic) bond motifs is 3. The Morgan fingerprint density at radius 1 is 1.04 bits per heavy atom. The normalized spacial score (nSPS) is 14.2. The Morgan fingerprint density at radius 2 is 1.75 bits per heavy atom. The number of hydrogen-bond acceptors (Lipinski definition) is 6. The molecular formula is C21H16N2O5. The number of hydrogen-bond donors (Lipinski definition) is 0. The molecule has 0 bridgehead atoms. The molecule has 0 atom stereocenters. The van der Waals surface area contributed by atoms with Gasteiger partial charge in [-0.15, -0.1) is 5.10 Å². The number of carbonyl (C=O) groups is 2. The lowest BCUT2D eigenvalue weighted by Gasteiger charge is -2.15. The lowest BCUT2D eigenvalue weighted by Crippen LogP contribution is -2.27. The second kappa shape index (κ2) is 6.45. The summed E-state index contributed by atoms with van der Waals surface area (Å²) in [5, 5.41) is 5.87. The van der Waals surface area contributed by atoms with Crippen molar-refractivity contribution < 1.29 is 18.7 Å². The second-order valence-electron chi connectivity index (χ2n) is 6.57. The van der Waals surface area contributed by atoms with E-state index in [0.717, 1.165) is 10.6 Å². The van der Waals surface area contributed by atoms with Crippen molar-refractivity contribution in [2.24, 2.45) is 5.10 Å². The third kappa shape index (κ3) is 2.87. The summed E-state index contributed by atoms with van der Waals surface area (Å²) in [6.07, 6.45) is 0. The average molecular weight is 376 g/mol. The Bertz CT molecular complexity index is 1220. The lowest BCUT2D eigenvalue weighted by atomic mass is 10.0. The van der Waals surface area contributed by atoms with Crippen molar-refractivity contribution >= 4 is 34.2 Å². The van der Waals surface area contributed by atoms with Gasteiger partial charge in [-0.25, -0.2) is 4.79 Å². The highest BCUT2D eigenvalue weighted by atomic mass is 16.5. The number of hydrazone groups is 1. The highest BCUT2D eigenvalue weighted by Gasteiger charge is 2.34. The summed E-state index contributed by atoms with van der Waals surface area (Å²) >= 11 is 0. The molecule has 0 unspecified atom stereocenters. The number of carbonyl (C=O) groups excluding carboxylic acids is 2. The summed E-state index contributed by atoms with van der Waals surface area (Å²) in [7, 11) is 0. The molecule has 0 spiro atoms. The number of nitrogens with zero attached hydrogens (tertiary/aromatic N) is 2. The molecule has 0 saturated heterocycles.